The number of piperidine rings is 1. The van der Waals surface area contributed by atoms with Crippen LogP contribution in [0, 0.1) is 6.92 Å². The second-order valence-corrected chi connectivity index (χ2v) is 7.71. The average molecular weight is 403 g/mol. The van der Waals surface area contributed by atoms with Crippen LogP contribution in [-0.2, 0) is 10.2 Å². The van der Waals surface area contributed by atoms with E-state index in [0.717, 1.165) is 11.1 Å². The van der Waals surface area contributed by atoms with Crippen molar-refractivity contribution in [2.45, 2.75) is 51.6 Å². The van der Waals surface area contributed by atoms with E-state index in [4.69, 9.17) is 0 Å². The molecule has 7 heteroatoms. The summed E-state index contributed by atoms with van der Waals surface area (Å²) in [4.78, 5) is 17.6. The Hall–Kier alpha value is -2.54. The molecule has 3 rings (SSSR count). The number of carbonyl (C=O) groups excluding carboxylic acids is 1. The highest BCUT2D eigenvalue weighted by atomic mass is 19.3. The molecular weight excluding hydrogens is 376 g/mol. The number of ether oxygens (including phenoxy) is 1. The third-order valence-corrected chi connectivity index (χ3v) is 5.44. The monoisotopic (exact) mass is 403 g/mol. The number of hydrogen-bond acceptors (Lipinski definition) is 4. The van der Waals surface area contributed by atoms with Gasteiger partial charge in [-0.25, -0.2) is 4.98 Å². The first-order valence-electron chi connectivity index (χ1n) is 9.87. The first-order chi connectivity index (χ1) is 13.8. The summed E-state index contributed by atoms with van der Waals surface area (Å²) in [6.45, 7) is 4.26. The maximum absolute atomic E-state index is 13.6. The molecule has 2 N–H and O–H groups in total. The number of aryl methyl sites for hydroxylation is 1. The number of nitrogens with zero attached hydrogens (tertiary/aromatic N) is 1. The Morgan fingerprint density at radius 1 is 1.17 bits per heavy atom. The van der Waals surface area contributed by atoms with Crippen molar-refractivity contribution in [3.05, 3.63) is 53.2 Å². The number of amides is 1. The van der Waals surface area contributed by atoms with Crippen molar-refractivity contribution in [3.8, 4) is 5.88 Å². The molecule has 1 fully saturated rings. The molecule has 1 saturated heterocycles. The lowest BCUT2D eigenvalue weighted by atomic mass is 9.69. The Morgan fingerprint density at radius 3 is 2.52 bits per heavy atom. The molecule has 1 amide bonds. The number of carbonyl (C=O) groups is 1. The SMILES string of the molecule is Cc1ccc(NC(=O)C2(c3ccccc3C(C)C)CCNCC2)c(OC(F)F)n1. The molecule has 0 saturated carbocycles. The summed E-state index contributed by atoms with van der Waals surface area (Å²) < 4.78 is 30.2. The Balaban J connectivity index is 2.01. The molecule has 0 aliphatic carbocycles. The van der Waals surface area contributed by atoms with Crippen LogP contribution in [0.5, 0.6) is 5.88 Å². The van der Waals surface area contributed by atoms with Crippen LogP contribution in [0.3, 0.4) is 0 Å². The maximum atomic E-state index is 13.6. The largest absolute Gasteiger partial charge is 0.415 e. The van der Waals surface area contributed by atoms with Crippen LogP contribution in [0.1, 0.15) is 49.4 Å². The summed E-state index contributed by atoms with van der Waals surface area (Å²) in [6.07, 6.45) is 1.24. The minimum Gasteiger partial charge on any atom is -0.415 e. The molecule has 5 nitrogen and oxygen atoms in total. The van der Waals surface area contributed by atoms with Crippen molar-refractivity contribution in [2.24, 2.45) is 0 Å². The Bertz CT molecular complexity index is 865. The fourth-order valence-electron chi connectivity index (χ4n) is 3.95. The van der Waals surface area contributed by atoms with Crippen LogP contribution >= 0.6 is 0 Å². The van der Waals surface area contributed by atoms with E-state index in [1.54, 1.807) is 19.1 Å². The average Bonchev–Trinajstić information content (AvgIpc) is 2.70. The lowest BCUT2D eigenvalue weighted by Crippen LogP contribution is -2.48. The lowest BCUT2D eigenvalue weighted by Gasteiger charge is -2.38. The standard InChI is InChI=1S/C22H27F2N3O2/c1-14(2)16-6-4-5-7-17(16)22(10-12-25-13-11-22)20(28)27-18-9-8-15(3)26-19(18)29-21(23)24/h4-9,14,21,25H,10-13H2,1-3H3,(H,27,28). The molecule has 0 unspecified atom stereocenters. The second kappa shape index (κ2) is 8.86. The number of alkyl halides is 2. The fourth-order valence-corrected chi connectivity index (χ4v) is 3.95. The molecule has 0 bridgehead atoms. The van der Waals surface area contributed by atoms with E-state index in [9.17, 15) is 13.6 Å². The molecule has 1 aromatic carbocycles. The van der Waals surface area contributed by atoms with E-state index in [-0.39, 0.29) is 23.4 Å². The van der Waals surface area contributed by atoms with E-state index in [0.29, 0.717) is 31.6 Å². The number of rotatable bonds is 6. The van der Waals surface area contributed by atoms with Gasteiger partial charge >= 0.3 is 6.61 Å². The van der Waals surface area contributed by atoms with Gasteiger partial charge in [0.05, 0.1) is 5.41 Å². The molecular formula is C22H27F2N3O2. The molecule has 1 aliphatic heterocycles. The zero-order chi connectivity index (χ0) is 21.0. The van der Waals surface area contributed by atoms with Gasteiger partial charge in [-0.2, -0.15) is 8.78 Å². The second-order valence-electron chi connectivity index (χ2n) is 7.71. The maximum Gasteiger partial charge on any atom is 0.388 e. The van der Waals surface area contributed by atoms with E-state index in [1.807, 2.05) is 18.2 Å². The topological polar surface area (TPSA) is 63.2 Å². The van der Waals surface area contributed by atoms with Crippen LogP contribution in [-0.4, -0.2) is 30.6 Å². The van der Waals surface area contributed by atoms with Gasteiger partial charge in [-0.05, 0) is 62.0 Å². The number of benzene rings is 1. The van der Waals surface area contributed by atoms with Gasteiger partial charge in [-0.3, -0.25) is 4.79 Å². The van der Waals surface area contributed by atoms with Crippen LogP contribution in [0.25, 0.3) is 0 Å². The Kier molecular flexibility index (Phi) is 6.47. The number of halogens is 2. The van der Waals surface area contributed by atoms with Crippen molar-refractivity contribution in [1.29, 1.82) is 0 Å². The first-order valence-corrected chi connectivity index (χ1v) is 9.87. The molecule has 1 aromatic heterocycles. The molecule has 2 aromatic rings. The van der Waals surface area contributed by atoms with Crippen molar-refractivity contribution >= 4 is 11.6 Å². The predicted molar refractivity (Wildman–Crippen MR) is 109 cm³/mol. The third-order valence-electron chi connectivity index (χ3n) is 5.44. The smallest absolute Gasteiger partial charge is 0.388 e. The highest BCUT2D eigenvalue weighted by Gasteiger charge is 2.43. The van der Waals surface area contributed by atoms with Gasteiger partial charge in [0.2, 0.25) is 11.8 Å². The molecule has 0 radical (unpaired) electrons. The van der Waals surface area contributed by atoms with Crippen LogP contribution < -0.4 is 15.4 Å². The van der Waals surface area contributed by atoms with Crippen LogP contribution in [0.4, 0.5) is 14.5 Å². The Labute approximate surface area is 169 Å². The van der Waals surface area contributed by atoms with Gasteiger partial charge in [0, 0.05) is 5.69 Å². The van der Waals surface area contributed by atoms with E-state index < -0.39 is 12.0 Å². The zero-order valence-electron chi connectivity index (χ0n) is 17.0. The van der Waals surface area contributed by atoms with Crippen molar-refractivity contribution in [1.82, 2.24) is 10.3 Å². The normalized spacial score (nSPS) is 16.1. The predicted octanol–water partition coefficient (Wildman–Crippen LogP) is 4.37. The Morgan fingerprint density at radius 2 is 1.86 bits per heavy atom. The van der Waals surface area contributed by atoms with Crippen molar-refractivity contribution in [2.75, 3.05) is 18.4 Å². The molecule has 29 heavy (non-hydrogen) atoms. The third kappa shape index (κ3) is 4.56. The first kappa shape index (κ1) is 21.2. The zero-order valence-corrected chi connectivity index (χ0v) is 17.0. The van der Waals surface area contributed by atoms with Gasteiger partial charge in [-0.15, -0.1) is 0 Å². The van der Waals surface area contributed by atoms with Crippen molar-refractivity contribution < 1.29 is 18.3 Å². The summed E-state index contributed by atoms with van der Waals surface area (Å²) in [7, 11) is 0. The fraction of sp³-hybridized carbons (Fsp3) is 0.455. The van der Waals surface area contributed by atoms with Gasteiger partial charge < -0.3 is 15.4 Å². The summed E-state index contributed by atoms with van der Waals surface area (Å²) in [5.74, 6) is -0.240. The molecule has 156 valence electrons. The van der Waals surface area contributed by atoms with Gasteiger partial charge in [-0.1, -0.05) is 38.1 Å². The quantitative estimate of drug-likeness (QED) is 0.752. The van der Waals surface area contributed by atoms with Gasteiger partial charge in [0.1, 0.15) is 5.69 Å². The number of nitrogens with one attached hydrogen (secondary N) is 2. The lowest BCUT2D eigenvalue weighted by molar-refractivity contribution is -0.122. The number of aromatic nitrogens is 1. The highest BCUT2D eigenvalue weighted by Crippen LogP contribution is 2.39. The molecule has 0 spiro atoms. The van der Waals surface area contributed by atoms with E-state index in [2.05, 4.69) is 40.3 Å². The minimum atomic E-state index is -3.02. The van der Waals surface area contributed by atoms with Crippen molar-refractivity contribution in [3.63, 3.8) is 0 Å². The summed E-state index contributed by atoms with van der Waals surface area (Å²) in [6, 6.07) is 11.2. The molecule has 0 atom stereocenters. The van der Waals surface area contributed by atoms with E-state index >= 15 is 0 Å². The van der Waals surface area contributed by atoms with E-state index in [1.165, 1.54) is 0 Å². The van der Waals surface area contributed by atoms with Gasteiger partial charge in [0.25, 0.3) is 0 Å². The molecule has 2 heterocycles. The number of hydrogen-bond donors (Lipinski definition) is 2. The molecule has 1 aliphatic rings. The van der Waals surface area contributed by atoms with Gasteiger partial charge in [0.15, 0.2) is 0 Å². The summed E-state index contributed by atoms with van der Waals surface area (Å²) in [5, 5.41) is 6.14. The van der Waals surface area contributed by atoms with Crippen LogP contribution in [0.2, 0.25) is 0 Å². The summed E-state index contributed by atoms with van der Waals surface area (Å²) >= 11 is 0. The minimum absolute atomic E-state index is 0.154. The number of anilines is 1. The number of pyridine rings is 1. The highest BCUT2D eigenvalue weighted by molar-refractivity contribution is 6.00. The summed E-state index contributed by atoms with van der Waals surface area (Å²) in [5.41, 5.74) is 2.04. The van der Waals surface area contributed by atoms with Crippen LogP contribution in [0.15, 0.2) is 36.4 Å².